The molecule has 5 nitrogen and oxygen atoms in total. The second kappa shape index (κ2) is 11.5. The van der Waals surface area contributed by atoms with Crippen LogP contribution in [0.4, 0.5) is 0 Å². The van der Waals surface area contributed by atoms with E-state index in [2.05, 4.69) is 24.4 Å². The van der Waals surface area contributed by atoms with Crippen LogP contribution in [0.25, 0.3) is 0 Å². The summed E-state index contributed by atoms with van der Waals surface area (Å²) in [7, 11) is 4.82. The number of carbonyl (C=O) groups is 1. The Kier molecular flexibility index (Phi) is 9.68. The minimum Gasteiger partial charge on any atom is -0.493 e. The number of nitrogens with one attached hydrogen (secondary N) is 1. The largest absolute Gasteiger partial charge is 0.493 e. The van der Waals surface area contributed by atoms with Crippen molar-refractivity contribution in [3.05, 3.63) is 53.6 Å². The number of methoxy groups -OCH3 is 3. The van der Waals surface area contributed by atoms with E-state index in [0.29, 0.717) is 23.8 Å². The van der Waals surface area contributed by atoms with Crippen molar-refractivity contribution in [3.8, 4) is 17.2 Å². The summed E-state index contributed by atoms with van der Waals surface area (Å²) in [4.78, 5) is 10.8. The molecule has 0 heterocycles. The molecule has 0 aliphatic carbocycles. The van der Waals surface area contributed by atoms with E-state index in [1.54, 1.807) is 21.3 Å². The molecule has 148 valence electrons. The number of halogens is 1. The SMILES string of the molecule is COc1cc(C(Cc2ccccc2)C(C)NCC=O)cc(OC)c1OC.Cl. The number of rotatable bonds is 10. The van der Waals surface area contributed by atoms with Crippen LogP contribution in [0.3, 0.4) is 0 Å². The molecule has 27 heavy (non-hydrogen) atoms. The molecular formula is C21H28ClNO4. The Morgan fingerprint density at radius 2 is 1.59 bits per heavy atom. The molecule has 0 aromatic heterocycles. The highest BCUT2D eigenvalue weighted by atomic mass is 35.5. The van der Waals surface area contributed by atoms with Crippen molar-refractivity contribution in [1.29, 1.82) is 0 Å². The molecular weight excluding hydrogens is 366 g/mol. The molecule has 0 aliphatic rings. The van der Waals surface area contributed by atoms with Gasteiger partial charge in [-0.25, -0.2) is 0 Å². The van der Waals surface area contributed by atoms with E-state index in [9.17, 15) is 4.79 Å². The van der Waals surface area contributed by atoms with Crippen molar-refractivity contribution >= 4 is 18.7 Å². The van der Waals surface area contributed by atoms with Gasteiger partial charge in [0.25, 0.3) is 0 Å². The van der Waals surface area contributed by atoms with Gasteiger partial charge in [-0.2, -0.15) is 0 Å². The first-order valence-electron chi connectivity index (χ1n) is 8.65. The molecule has 2 rings (SSSR count). The summed E-state index contributed by atoms with van der Waals surface area (Å²) in [6.07, 6.45) is 1.71. The zero-order valence-corrected chi connectivity index (χ0v) is 17.0. The second-order valence-corrected chi connectivity index (χ2v) is 6.12. The van der Waals surface area contributed by atoms with Crippen LogP contribution in [0.2, 0.25) is 0 Å². The Balaban J connectivity index is 0.00000364. The summed E-state index contributed by atoms with van der Waals surface area (Å²) < 4.78 is 16.4. The Morgan fingerprint density at radius 3 is 2.07 bits per heavy atom. The number of carbonyl (C=O) groups excluding carboxylic acids is 1. The third-order valence-electron chi connectivity index (χ3n) is 4.54. The van der Waals surface area contributed by atoms with Gasteiger partial charge in [0, 0.05) is 12.0 Å². The fourth-order valence-corrected chi connectivity index (χ4v) is 3.14. The van der Waals surface area contributed by atoms with Gasteiger partial charge in [0.2, 0.25) is 5.75 Å². The van der Waals surface area contributed by atoms with E-state index in [-0.39, 0.29) is 24.4 Å². The van der Waals surface area contributed by atoms with Crippen LogP contribution in [0.5, 0.6) is 17.2 Å². The quantitative estimate of drug-likeness (QED) is 0.624. The molecule has 2 aromatic carbocycles. The summed E-state index contributed by atoms with van der Waals surface area (Å²) in [5.41, 5.74) is 2.29. The van der Waals surface area contributed by atoms with Crippen LogP contribution in [0.15, 0.2) is 42.5 Å². The van der Waals surface area contributed by atoms with Crippen molar-refractivity contribution in [1.82, 2.24) is 5.32 Å². The van der Waals surface area contributed by atoms with E-state index in [1.807, 2.05) is 30.3 Å². The minimum absolute atomic E-state index is 0. The lowest BCUT2D eigenvalue weighted by Crippen LogP contribution is -2.34. The lowest BCUT2D eigenvalue weighted by atomic mass is 9.86. The highest BCUT2D eigenvalue weighted by molar-refractivity contribution is 5.85. The Bertz CT molecular complexity index is 684. The lowest BCUT2D eigenvalue weighted by Gasteiger charge is -2.26. The lowest BCUT2D eigenvalue weighted by molar-refractivity contribution is -0.107. The predicted octanol–water partition coefficient (Wildman–Crippen LogP) is 3.64. The Labute approximate surface area is 167 Å². The van der Waals surface area contributed by atoms with E-state index in [4.69, 9.17) is 14.2 Å². The number of benzene rings is 2. The molecule has 0 spiro atoms. The van der Waals surface area contributed by atoms with Gasteiger partial charge in [-0.3, -0.25) is 0 Å². The van der Waals surface area contributed by atoms with E-state index >= 15 is 0 Å². The monoisotopic (exact) mass is 393 g/mol. The molecule has 0 radical (unpaired) electrons. The fourth-order valence-electron chi connectivity index (χ4n) is 3.14. The second-order valence-electron chi connectivity index (χ2n) is 6.12. The normalized spacial score (nSPS) is 12.4. The van der Waals surface area contributed by atoms with Crippen molar-refractivity contribution in [3.63, 3.8) is 0 Å². The summed E-state index contributed by atoms with van der Waals surface area (Å²) >= 11 is 0. The molecule has 1 N–H and O–H groups in total. The van der Waals surface area contributed by atoms with Crippen LogP contribution < -0.4 is 19.5 Å². The van der Waals surface area contributed by atoms with Gasteiger partial charge in [0.05, 0.1) is 27.9 Å². The summed E-state index contributed by atoms with van der Waals surface area (Å²) in [5, 5.41) is 3.27. The third-order valence-corrected chi connectivity index (χ3v) is 4.54. The van der Waals surface area contributed by atoms with Crippen LogP contribution in [0, 0.1) is 0 Å². The highest BCUT2D eigenvalue weighted by Gasteiger charge is 2.23. The standard InChI is InChI=1S/C21H27NO4.ClH/c1-15(22-10-11-23)18(12-16-8-6-5-7-9-16)17-13-19(24-2)21(26-4)20(14-17)25-3;/h5-9,11,13-15,18,22H,10,12H2,1-4H3;1H. The molecule has 0 amide bonds. The first-order chi connectivity index (χ1) is 12.6. The Hall–Kier alpha value is -2.24. The van der Waals surface area contributed by atoms with Crippen LogP contribution in [-0.4, -0.2) is 40.2 Å². The first-order valence-corrected chi connectivity index (χ1v) is 8.65. The molecule has 2 aromatic rings. The summed E-state index contributed by atoms with van der Waals surface area (Å²) in [6, 6.07) is 14.3. The summed E-state index contributed by atoms with van der Waals surface area (Å²) in [5.74, 6) is 1.96. The van der Waals surface area contributed by atoms with E-state index in [1.165, 1.54) is 5.56 Å². The Morgan fingerprint density at radius 1 is 1.00 bits per heavy atom. The van der Waals surface area contributed by atoms with Gasteiger partial charge >= 0.3 is 0 Å². The van der Waals surface area contributed by atoms with Crippen molar-refractivity contribution in [2.75, 3.05) is 27.9 Å². The van der Waals surface area contributed by atoms with Gasteiger partial charge in [-0.15, -0.1) is 12.4 Å². The third kappa shape index (κ3) is 5.88. The van der Waals surface area contributed by atoms with Gasteiger partial charge in [0.1, 0.15) is 6.29 Å². The van der Waals surface area contributed by atoms with Crippen molar-refractivity contribution in [2.24, 2.45) is 0 Å². The fraction of sp³-hybridized carbons (Fsp3) is 0.381. The van der Waals surface area contributed by atoms with E-state index in [0.717, 1.165) is 18.3 Å². The maximum atomic E-state index is 10.8. The predicted molar refractivity (Wildman–Crippen MR) is 110 cm³/mol. The smallest absolute Gasteiger partial charge is 0.203 e. The zero-order valence-electron chi connectivity index (χ0n) is 16.2. The average Bonchev–Trinajstić information content (AvgIpc) is 2.69. The number of aldehydes is 1. The van der Waals surface area contributed by atoms with E-state index < -0.39 is 0 Å². The topological polar surface area (TPSA) is 56.8 Å². The molecule has 0 saturated heterocycles. The summed E-state index contributed by atoms with van der Waals surface area (Å²) in [6.45, 7) is 2.40. The maximum absolute atomic E-state index is 10.8. The van der Waals surface area contributed by atoms with Crippen molar-refractivity contribution < 1.29 is 19.0 Å². The minimum atomic E-state index is 0. The number of hydrogen-bond donors (Lipinski definition) is 1. The molecule has 0 bridgehead atoms. The maximum Gasteiger partial charge on any atom is 0.203 e. The molecule has 0 saturated carbocycles. The number of ether oxygens (including phenoxy) is 3. The molecule has 2 unspecified atom stereocenters. The first kappa shape index (κ1) is 22.8. The van der Waals surface area contributed by atoms with Gasteiger partial charge in [-0.05, 0) is 36.6 Å². The number of hydrogen-bond acceptors (Lipinski definition) is 5. The molecule has 2 atom stereocenters. The van der Waals surface area contributed by atoms with Crippen LogP contribution >= 0.6 is 12.4 Å². The average molecular weight is 394 g/mol. The molecule has 0 fully saturated rings. The van der Waals surface area contributed by atoms with Crippen LogP contribution in [-0.2, 0) is 11.2 Å². The van der Waals surface area contributed by atoms with Gasteiger partial charge in [0.15, 0.2) is 11.5 Å². The zero-order chi connectivity index (χ0) is 18.9. The molecule has 6 heteroatoms. The van der Waals surface area contributed by atoms with Crippen LogP contribution in [0.1, 0.15) is 24.0 Å². The van der Waals surface area contributed by atoms with Gasteiger partial charge in [-0.1, -0.05) is 30.3 Å². The van der Waals surface area contributed by atoms with Gasteiger partial charge < -0.3 is 24.3 Å². The molecule has 0 aliphatic heterocycles. The van der Waals surface area contributed by atoms with Crippen molar-refractivity contribution in [2.45, 2.75) is 25.3 Å². The highest BCUT2D eigenvalue weighted by Crippen LogP contribution is 2.41.